The van der Waals surface area contributed by atoms with Gasteiger partial charge in [0, 0.05) is 11.6 Å². The van der Waals surface area contributed by atoms with Crippen molar-refractivity contribution in [3.63, 3.8) is 0 Å². The van der Waals surface area contributed by atoms with Gasteiger partial charge in [0.15, 0.2) is 9.86 Å². The van der Waals surface area contributed by atoms with E-state index in [1.807, 2.05) is 18.2 Å². The van der Waals surface area contributed by atoms with Crippen molar-refractivity contribution in [2.24, 2.45) is 0 Å². The van der Waals surface area contributed by atoms with E-state index in [2.05, 4.69) is 4.98 Å². The van der Waals surface area contributed by atoms with E-state index in [1.54, 1.807) is 24.3 Å². The van der Waals surface area contributed by atoms with Crippen LogP contribution in [0.3, 0.4) is 0 Å². The SMILES string of the molecule is O=c1/c(=C/c2ccccc2OS(=O)(=O)c2ccccc2[N+](=O)[O-])sc2nc3ccccc3n12. The van der Waals surface area contributed by atoms with Crippen molar-refractivity contribution < 1.29 is 17.5 Å². The lowest BCUT2D eigenvalue weighted by atomic mass is 10.2. The van der Waals surface area contributed by atoms with Gasteiger partial charge in [0.2, 0.25) is 0 Å². The Hall–Kier alpha value is -4.09. The summed E-state index contributed by atoms with van der Waals surface area (Å²) < 4.78 is 32.8. The first kappa shape index (κ1) is 20.8. The fourth-order valence-electron chi connectivity index (χ4n) is 3.41. The lowest BCUT2D eigenvalue weighted by Crippen LogP contribution is -2.22. The minimum Gasteiger partial charge on any atom is -0.378 e. The van der Waals surface area contributed by atoms with Crippen molar-refractivity contribution in [2.75, 3.05) is 0 Å². The molecular weight excluding hydrogens is 466 g/mol. The fourth-order valence-corrected chi connectivity index (χ4v) is 5.51. The van der Waals surface area contributed by atoms with E-state index in [-0.39, 0.29) is 11.3 Å². The van der Waals surface area contributed by atoms with Crippen molar-refractivity contribution in [2.45, 2.75) is 4.90 Å². The van der Waals surface area contributed by atoms with Gasteiger partial charge in [-0.25, -0.2) is 9.38 Å². The van der Waals surface area contributed by atoms with Crippen molar-refractivity contribution in [1.82, 2.24) is 9.38 Å². The highest BCUT2D eigenvalue weighted by atomic mass is 32.2. The van der Waals surface area contributed by atoms with Crippen molar-refractivity contribution in [3.05, 3.63) is 103 Å². The van der Waals surface area contributed by atoms with Crippen LogP contribution in [0, 0.1) is 10.1 Å². The van der Waals surface area contributed by atoms with Gasteiger partial charge in [0.05, 0.1) is 20.5 Å². The zero-order valence-electron chi connectivity index (χ0n) is 16.6. The molecule has 0 saturated heterocycles. The summed E-state index contributed by atoms with van der Waals surface area (Å²) in [6.45, 7) is 0. The topological polar surface area (TPSA) is 121 Å². The first-order valence-electron chi connectivity index (χ1n) is 9.54. The van der Waals surface area contributed by atoms with Crippen LogP contribution in [0.4, 0.5) is 5.69 Å². The third-order valence-electron chi connectivity index (χ3n) is 4.88. The van der Waals surface area contributed by atoms with E-state index in [1.165, 1.54) is 28.7 Å². The molecule has 2 aromatic heterocycles. The third-order valence-corrected chi connectivity index (χ3v) is 7.13. The molecule has 0 amide bonds. The molecule has 0 N–H and O–H groups in total. The van der Waals surface area contributed by atoms with Crippen LogP contribution >= 0.6 is 11.3 Å². The van der Waals surface area contributed by atoms with Gasteiger partial charge in [-0.1, -0.05) is 53.8 Å². The van der Waals surface area contributed by atoms with Gasteiger partial charge in [-0.2, -0.15) is 8.42 Å². The summed E-state index contributed by atoms with van der Waals surface area (Å²) in [6, 6.07) is 18.4. The van der Waals surface area contributed by atoms with Gasteiger partial charge in [0.25, 0.3) is 11.2 Å². The molecule has 0 fully saturated rings. The van der Waals surface area contributed by atoms with Gasteiger partial charge in [-0.05, 0) is 30.3 Å². The largest absolute Gasteiger partial charge is 0.378 e. The molecule has 33 heavy (non-hydrogen) atoms. The number of nitrogens with zero attached hydrogens (tertiary/aromatic N) is 3. The van der Waals surface area contributed by atoms with Crippen LogP contribution in [0.25, 0.3) is 22.1 Å². The summed E-state index contributed by atoms with van der Waals surface area (Å²) in [4.78, 5) is 27.9. The van der Waals surface area contributed by atoms with E-state index in [0.717, 1.165) is 23.5 Å². The summed E-state index contributed by atoms with van der Waals surface area (Å²) in [5.41, 5.74) is 0.821. The molecule has 0 saturated carbocycles. The standard InChI is InChI=1S/C22H13N3O6S2/c26-21-19(32-22-23-15-8-2-3-9-16(15)24(21)22)13-14-7-1-5-11-18(14)31-33(29,30)20-12-6-4-10-17(20)25(27)28/h1-13H/b19-13-. The Balaban J connectivity index is 1.61. The second kappa shape index (κ2) is 7.80. The Morgan fingerprint density at radius 3 is 2.52 bits per heavy atom. The average molecular weight is 479 g/mol. The highest BCUT2D eigenvalue weighted by Crippen LogP contribution is 2.28. The maximum absolute atomic E-state index is 13.0. The van der Waals surface area contributed by atoms with Gasteiger partial charge < -0.3 is 4.18 Å². The predicted octanol–water partition coefficient (Wildman–Crippen LogP) is 3.13. The average Bonchev–Trinajstić information content (AvgIpc) is 3.31. The fraction of sp³-hybridized carbons (Fsp3) is 0. The minimum atomic E-state index is -4.51. The summed E-state index contributed by atoms with van der Waals surface area (Å²) in [5, 5.41) is 11.3. The number of nitro groups is 1. The molecule has 2 heterocycles. The Labute approximate surface area is 190 Å². The lowest BCUT2D eigenvalue weighted by Gasteiger charge is -2.09. The lowest BCUT2D eigenvalue weighted by molar-refractivity contribution is -0.387. The number of fused-ring (bicyclic) bond motifs is 3. The highest BCUT2D eigenvalue weighted by molar-refractivity contribution is 7.87. The molecule has 5 aromatic rings. The molecular formula is C22H13N3O6S2. The van der Waals surface area contributed by atoms with Crippen LogP contribution in [0.5, 0.6) is 5.75 Å². The minimum absolute atomic E-state index is 0.0639. The zero-order valence-corrected chi connectivity index (χ0v) is 18.2. The van der Waals surface area contributed by atoms with Gasteiger partial charge in [-0.15, -0.1) is 0 Å². The zero-order chi connectivity index (χ0) is 23.2. The van der Waals surface area contributed by atoms with Crippen LogP contribution < -0.4 is 14.3 Å². The number of para-hydroxylation sites is 4. The molecule has 11 heteroatoms. The van der Waals surface area contributed by atoms with E-state index < -0.39 is 25.6 Å². The molecule has 0 bridgehead atoms. The van der Waals surface area contributed by atoms with E-state index in [4.69, 9.17) is 4.18 Å². The smallest absolute Gasteiger partial charge is 0.346 e. The van der Waals surface area contributed by atoms with Gasteiger partial charge in [0.1, 0.15) is 5.75 Å². The van der Waals surface area contributed by atoms with Gasteiger partial charge in [-0.3, -0.25) is 14.9 Å². The molecule has 5 rings (SSSR count). The molecule has 0 aliphatic heterocycles. The molecule has 0 radical (unpaired) electrons. The third kappa shape index (κ3) is 3.62. The summed E-state index contributed by atoms with van der Waals surface area (Å²) in [7, 11) is -4.51. The first-order valence-corrected chi connectivity index (χ1v) is 11.8. The molecule has 0 unspecified atom stereocenters. The Kier molecular flexibility index (Phi) is 4.91. The first-order chi connectivity index (χ1) is 15.8. The van der Waals surface area contributed by atoms with E-state index in [9.17, 15) is 23.3 Å². The van der Waals surface area contributed by atoms with Gasteiger partial charge >= 0.3 is 10.1 Å². The Bertz CT molecular complexity index is 1770. The molecule has 9 nitrogen and oxygen atoms in total. The van der Waals surface area contributed by atoms with Crippen molar-refractivity contribution >= 4 is 49.2 Å². The molecule has 0 atom stereocenters. The monoisotopic (exact) mass is 479 g/mol. The summed E-state index contributed by atoms with van der Waals surface area (Å²) in [6.07, 6.45) is 1.51. The molecule has 0 aliphatic carbocycles. The quantitative estimate of drug-likeness (QED) is 0.216. The maximum Gasteiger partial charge on any atom is 0.346 e. The Morgan fingerprint density at radius 2 is 1.70 bits per heavy atom. The van der Waals surface area contributed by atoms with Crippen molar-refractivity contribution in [1.29, 1.82) is 0 Å². The van der Waals surface area contributed by atoms with Crippen LogP contribution in [-0.2, 0) is 10.1 Å². The predicted molar refractivity (Wildman–Crippen MR) is 123 cm³/mol. The van der Waals surface area contributed by atoms with Crippen LogP contribution in [-0.4, -0.2) is 22.7 Å². The summed E-state index contributed by atoms with van der Waals surface area (Å²) in [5.74, 6) is -0.0639. The van der Waals surface area contributed by atoms with E-state index >= 15 is 0 Å². The number of rotatable bonds is 5. The maximum atomic E-state index is 13.0. The number of hydrogen-bond acceptors (Lipinski definition) is 8. The van der Waals surface area contributed by atoms with Crippen LogP contribution in [0.1, 0.15) is 5.56 Å². The normalized spacial score (nSPS) is 12.4. The number of aromatic nitrogens is 2. The van der Waals surface area contributed by atoms with Crippen molar-refractivity contribution in [3.8, 4) is 5.75 Å². The Morgan fingerprint density at radius 1 is 1.00 bits per heavy atom. The van der Waals surface area contributed by atoms with Crippen LogP contribution in [0.2, 0.25) is 0 Å². The number of benzene rings is 3. The second-order valence-electron chi connectivity index (χ2n) is 6.93. The molecule has 3 aromatic carbocycles. The number of hydrogen-bond donors (Lipinski definition) is 0. The second-order valence-corrected chi connectivity index (χ2v) is 9.46. The highest BCUT2D eigenvalue weighted by Gasteiger charge is 2.27. The van der Waals surface area contributed by atoms with Crippen LogP contribution in [0.15, 0.2) is 82.5 Å². The number of nitro benzene ring substituents is 1. The summed E-state index contributed by atoms with van der Waals surface area (Å²) >= 11 is 1.16. The molecule has 164 valence electrons. The number of thiazole rings is 1. The number of imidazole rings is 1. The van der Waals surface area contributed by atoms with E-state index in [0.29, 0.717) is 26.1 Å². The molecule has 0 aliphatic rings. The molecule has 0 spiro atoms.